The quantitative estimate of drug-likeness (QED) is 0.586. The summed E-state index contributed by atoms with van der Waals surface area (Å²) in [5.41, 5.74) is 1.22. The molecule has 0 aliphatic heterocycles. The monoisotopic (exact) mass is 424 g/mol. The van der Waals surface area contributed by atoms with E-state index in [4.69, 9.17) is 16.3 Å². The minimum atomic E-state index is -3.57. The van der Waals surface area contributed by atoms with E-state index < -0.39 is 15.8 Å². The Morgan fingerprint density at radius 3 is 2.71 bits per heavy atom. The Bertz CT molecular complexity index is 1130. The van der Waals surface area contributed by atoms with Gasteiger partial charge in [0.2, 0.25) is 15.9 Å². The second-order valence-corrected chi connectivity index (χ2v) is 8.16. The predicted molar refractivity (Wildman–Crippen MR) is 108 cm³/mol. The summed E-state index contributed by atoms with van der Waals surface area (Å²) in [5.74, 6) is -0.311. The number of sulfonamides is 1. The van der Waals surface area contributed by atoms with Gasteiger partial charge in [-0.05, 0) is 36.8 Å². The molecule has 0 aliphatic carbocycles. The molecule has 0 unspecified atom stereocenters. The van der Waals surface area contributed by atoms with Crippen molar-refractivity contribution < 1.29 is 17.5 Å². The zero-order chi connectivity index (χ0) is 20.3. The molecule has 3 rings (SSSR count). The van der Waals surface area contributed by atoms with Crippen LogP contribution in [0.25, 0.3) is 10.9 Å². The third-order valence-corrected chi connectivity index (χ3v) is 5.76. The van der Waals surface area contributed by atoms with Crippen molar-refractivity contribution in [1.82, 2.24) is 9.97 Å². The first kappa shape index (κ1) is 20.1. The maximum Gasteiger partial charge on any atom is 0.232 e. The van der Waals surface area contributed by atoms with Crippen LogP contribution < -0.4 is 14.8 Å². The molecule has 10 heteroatoms. The maximum absolute atomic E-state index is 14.4. The van der Waals surface area contributed by atoms with Crippen molar-refractivity contribution in [2.45, 2.75) is 13.3 Å². The molecule has 0 spiro atoms. The van der Waals surface area contributed by atoms with Gasteiger partial charge in [0.1, 0.15) is 12.1 Å². The van der Waals surface area contributed by atoms with E-state index in [0.717, 1.165) is 6.07 Å². The van der Waals surface area contributed by atoms with Crippen LogP contribution in [0.4, 0.5) is 21.5 Å². The highest BCUT2D eigenvalue weighted by atomic mass is 35.5. The van der Waals surface area contributed by atoms with Gasteiger partial charge in [-0.1, -0.05) is 18.5 Å². The first-order valence-corrected chi connectivity index (χ1v) is 10.4. The van der Waals surface area contributed by atoms with Gasteiger partial charge in [0.15, 0.2) is 0 Å². The van der Waals surface area contributed by atoms with Gasteiger partial charge < -0.3 is 10.1 Å². The number of aromatic nitrogens is 2. The van der Waals surface area contributed by atoms with Gasteiger partial charge >= 0.3 is 0 Å². The fourth-order valence-corrected chi connectivity index (χ4v) is 4.10. The van der Waals surface area contributed by atoms with Crippen molar-refractivity contribution >= 4 is 49.6 Å². The normalized spacial score (nSPS) is 11.4. The Labute approximate surface area is 167 Å². The largest absolute Gasteiger partial charge is 0.480 e. The molecular formula is C18H18ClFN4O3S. The number of rotatable bonds is 7. The number of hydrogen-bond acceptors (Lipinski definition) is 6. The van der Waals surface area contributed by atoms with E-state index in [1.54, 1.807) is 25.1 Å². The second-order valence-electron chi connectivity index (χ2n) is 5.94. The Morgan fingerprint density at radius 1 is 1.21 bits per heavy atom. The van der Waals surface area contributed by atoms with Gasteiger partial charge in [-0.15, -0.1) is 0 Å². The molecule has 0 atom stereocenters. The van der Waals surface area contributed by atoms with E-state index in [2.05, 4.69) is 20.0 Å². The van der Waals surface area contributed by atoms with Crippen molar-refractivity contribution in [1.29, 1.82) is 0 Å². The summed E-state index contributed by atoms with van der Waals surface area (Å²) in [5, 5.41) is 3.45. The molecule has 0 fully saturated rings. The third kappa shape index (κ3) is 4.26. The summed E-state index contributed by atoms with van der Waals surface area (Å²) < 4.78 is 46.0. The van der Waals surface area contributed by atoms with Crippen LogP contribution >= 0.6 is 11.6 Å². The fraction of sp³-hybridized carbons (Fsp3) is 0.222. The van der Waals surface area contributed by atoms with Crippen molar-refractivity contribution in [3.05, 3.63) is 47.5 Å². The van der Waals surface area contributed by atoms with Gasteiger partial charge in [-0.3, -0.25) is 4.72 Å². The summed E-state index contributed by atoms with van der Waals surface area (Å²) in [6.45, 7) is 1.75. The summed E-state index contributed by atoms with van der Waals surface area (Å²) in [4.78, 5) is 8.19. The van der Waals surface area contributed by atoms with Crippen molar-refractivity contribution in [2.75, 3.05) is 22.9 Å². The lowest BCUT2D eigenvalue weighted by atomic mass is 10.2. The molecule has 0 amide bonds. The van der Waals surface area contributed by atoms with Crippen LogP contribution in [0.15, 0.2) is 36.7 Å². The highest BCUT2D eigenvalue weighted by Crippen LogP contribution is 2.36. The first-order chi connectivity index (χ1) is 13.3. The van der Waals surface area contributed by atoms with Crippen LogP contribution in [0.5, 0.6) is 5.88 Å². The molecule has 0 saturated carbocycles. The summed E-state index contributed by atoms with van der Waals surface area (Å²) in [7, 11) is -2.07. The topological polar surface area (TPSA) is 93.2 Å². The van der Waals surface area contributed by atoms with Gasteiger partial charge in [0.25, 0.3) is 0 Å². The van der Waals surface area contributed by atoms with Gasteiger partial charge in [-0.2, -0.15) is 0 Å². The van der Waals surface area contributed by atoms with Crippen LogP contribution in [0.2, 0.25) is 5.02 Å². The Morgan fingerprint density at radius 2 is 2.00 bits per heavy atom. The average Bonchev–Trinajstić information content (AvgIpc) is 2.66. The molecule has 1 heterocycles. The summed E-state index contributed by atoms with van der Waals surface area (Å²) >= 11 is 6.27. The number of nitrogens with zero attached hydrogens (tertiary/aromatic N) is 2. The van der Waals surface area contributed by atoms with Crippen LogP contribution in [0, 0.1) is 5.82 Å². The highest BCUT2D eigenvalue weighted by Gasteiger charge is 2.17. The minimum Gasteiger partial charge on any atom is -0.480 e. The zero-order valence-corrected chi connectivity index (χ0v) is 16.7. The van der Waals surface area contributed by atoms with E-state index in [1.165, 1.54) is 19.5 Å². The van der Waals surface area contributed by atoms with Crippen molar-refractivity contribution in [3.8, 4) is 5.88 Å². The Balaban J connectivity index is 1.98. The van der Waals surface area contributed by atoms with Gasteiger partial charge in [-0.25, -0.2) is 22.8 Å². The van der Waals surface area contributed by atoms with Crippen LogP contribution in [0.1, 0.15) is 13.3 Å². The molecule has 148 valence electrons. The van der Waals surface area contributed by atoms with E-state index in [0.29, 0.717) is 28.9 Å². The Kier molecular flexibility index (Phi) is 5.85. The van der Waals surface area contributed by atoms with E-state index in [1.807, 2.05) is 0 Å². The number of methoxy groups -OCH3 is 1. The number of halogens is 2. The Hall–Kier alpha value is -2.65. The molecule has 1 aromatic heterocycles. The molecule has 0 radical (unpaired) electrons. The van der Waals surface area contributed by atoms with Gasteiger partial charge in [0.05, 0.1) is 40.2 Å². The van der Waals surface area contributed by atoms with Crippen LogP contribution in [-0.2, 0) is 10.0 Å². The SMILES string of the molecule is CCCS(=O)(=O)Nc1ccc(F)c(Nc2ccc3ncnc(OC)c3c2)c1Cl. The lowest BCUT2D eigenvalue weighted by molar-refractivity contribution is 0.402. The smallest absolute Gasteiger partial charge is 0.232 e. The van der Waals surface area contributed by atoms with Crippen molar-refractivity contribution in [2.24, 2.45) is 0 Å². The standard InChI is InChI=1S/C18H18ClFN4O3S/c1-3-8-28(25,26)24-15-7-5-13(20)17(16(15)19)23-11-4-6-14-12(9-11)18(27-2)22-10-21-14/h4-7,9-10,23-24H,3,8H2,1-2H3. The van der Waals surface area contributed by atoms with Crippen LogP contribution in [0.3, 0.4) is 0 Å². The molecule has 0 bridgehead atoms. The molecule has 28 heavy (non-hydrogen) atoms. The third-order valence-electron chi connectivity index (χ3n) is 3.89. The first-order valence-electron chi connectivity index (χ1n) is 8.39. The molecule has 2 aromatic carbocycles. The predicted octanol–water partition coefficient (Wildman–Crippen LogP) is 4.33. The summed E-state index contributed by atoms with van der Waals surface area (Å²) in [6.07, 6.45) is 1.83. The van der Waals surface area contributed by atoms with E-state index in [-0.39, 0.29) is 22.2 Å². The van der Waals surface area contributed by atoms with E-state index >= 15 is 0 Å². The number of anilines is 3. The number of fused-ring (bicyclic) bond motifs is 1. The number of hydrogen-bond donors (Lipinski definition) is 2. The number of benzene rings is 2. The molecule has 0 aliphatic rings. The van der Waals surface area contributed by atoms with Crippen LogP contribution in [-0.4, -0.2) is 31.2 Å². The number of ether oxygens (including phenoxy) is 1. The summed E-state index contributed by atoms with van der Waals surface area (Å²) in [6, 6.07) is 7.54. The molecule has 0 saturated heterocycles. The molecular weight excluding hydrogens is 407 g/mol. The molecule has 7 nitrogen and oxygen atoms in total. The maximum atomic E-state index is 14.4. The lowest BCUT2D eigenvalue weighted by Crippen LogP contribution is -2.16. The fourth-order valence-electron chi connectivity index (χ4n) is 2.65. The van der Waals surface area contributed by atoms with E-state index in [9.17, 15) is 12.8 Å². The highest BCUT2D eigenvalue weighted by molar-refractivity contribution is 7.92. The lowest BCUT2D eigenvalue weighted by Gasteiger charge is -2.15. The van der Waals surface area contributed by atoms with Gasteiger partial charge in [0, 0.05) is 5.69 Å². The average molecular weight is 425 g/mol. The molecule has 2 N–H and O–H groups in total. The second kappa shape index (κ2) is 8.15. The van der Waals surface area contributed by atoms with Crippen molar-refractivity contribution in [3.63, 3.8) is 0 Å². The minimum absolute atomic E-state index is 0.0477. The number of nitrogens with one attached hydrogen (secondary N) is 2. The molecule has 3 aromatic rings. The zero-order valence-electron chi connectivity index (χ0n) is 15.2.